The van der Waals surface area contributed by atoms with Crippen molar-refractivity contribution in [3.05, 3.63) is 52.2 Å². The number of nitrogens with zero attached hydrogens (tertiary/aromatic N) is 5. The standard InChI is InChI=1S/C25H25ClN8O3/c1-15(33-4-6-37-7-5-33)13-28-22-11-21(30-20-3-2-16(12-27)8-19(20)26)31-24-18(14-29-34(22)24)9-17-10-23(35)32-25(17)36/h2-3,8-9,11,14-15,28H,4-7,10,13H2,1H3,(H,30,31)(H,32,35,36)/b17-9+. The largest absolute Gasteiger partial charge is 0.379 e. The van der Waals surface area contributed by atoms with Crippen LogP contribution in [0.25, 0.3) is 11.7 Å². The average molecular weight is 521 g/mol. The van der Waals surface area contributed by atoms with Crippen molar-refractivity contribution in [3.8, 4) is 6.07 Å². The van der Waals surface area contributed by atoms with Crippen LogP contribution in [0.1, 0.15) is 24.5 Å². The molecule has 1 aromatic carbocycles. The Balaban J connectivity index is 1.49. The number of aromatic nitrogens is 3. The lowest BCUT2D eigenvalue weighted by Crippen LogP contribution is -2.45. The summed E-state index contributed by atoms with van der Waals surface area (Å²) in [5, 5.41) is 23.0. The summed E-state index contributed by atoms with van der Waals surface area (Å²) in [5.74, 6) is 0.431. The summed E-state index contributed by atoms with van der Waals surface area (Å²) in [5.41, 5.74) is 2.48. The van der Waals surface area contributed by atoms with E-state index < -0.39 is 5.91 Å². The van der Waals surface area contributed by atoms with Crippen LogP contribution in [0.4, 0.5) is 17.3 Å². The number of fused-ring (bicyclic) bond motifs is 1. The number of nitrogens with one attached hydrogen (secondary N) is 3. The van der Waals surface area contributed by atoms with Crippen molar-refractivity contribution in [1.29, 1.82) is 5.26 Å². The van der Waals surface area contributed by atoms with Crippen LogP contribution in [0.3, 0.4) is 0 Å². The summed E-state index contributed by atoms with van der Waals surface area (Å²) >= 11 is 6.38. The Bertz CT molecular complexity index is 1440. The molecule has 1 atom stereocenters. The first kappa shape index (κ1) is 24.7. The zero-order valence-corrected chi connectivity index (χ0v) is 20.9. The molecule has 11 nitrogen and oxygen atoms in total. The SMILES string of the molecule is CC(CNc1cc(Nc2ccc(C#N)cc2Cl)nc2c(/C=C3\CC(=O)NC3=O)cnn12)N1CCOCC1. The highest BCUT2D eigenvalue weighted by atomic mass is 35.5. The van der Waals surface area contributed by atoms with Crippen LogP contribution in [0.5, 0.6) is 0 Å². The van der Waals surface area contributed by atoms with Gasteiger partial charge in [-0.1, -0.05) is 11.6 Å². The molecule has 0 radical (unpaired) electrons. The Hall–Kier alpha value is -3.98. The van der Waals surface area contributed by atoms with Crippen LogP contribution in [0, 0.1) is 11.3 Å². The highest BCUT2D eigenvalue weighted by Crippen LogP contribution is 2.28. The number of rotatable bonds is 7. The molecule has 2 aliphatic rings. The summed E-state index contributed by atoms with van der Waals surface area (Å²) in [6.07, 6.45) is 3.26. The predicted octanol–water partition coefficient (Wildman–Crippen LogP) is 2.56. The molecule has 4 heterocycles. The Morgan fingerprint density at radius 3 is 2.81 bits per heavy atom. The first-order valence-electron chi connectivity index (χ1n) is 11.9. The van der Waals surface area contributed by atoms with Gasteiger partial charge in [-0.05, 0) is 31.2 Å². The molecule has 2 aliphatic heterocycles. The zero-order chi connectivity index (χ0) is 25.9. The molecule has 3 N–H and O–H groups in total. The molecular weight excluding hydrogens is 496 g/mol. The number of hydrogen-bond donors (Lipinski definition) is 3. The molecule has 2 amide bonds. The number of nitriles is 1. The van der Waals surface area contributed by atoms with E-state index in [-0.39, 0.29) is 18.4 Å². The van der Waals surface area contributed by atoms with Crippen LogP contribution < -0.4 is 16.0 Å². The molecule has 2 saturated heterocycles. The highest BCUT2D eigenvalue weighted by Gasteiger charge is 2.25. The van der Waals surface area contributed by atoms with Gasteiger partial charge in [-0.3, -0.25) is 19.8 Å². The Morgan fingerprint density at radius 1 is 1.30 bits per heavy atom. The van der Waals surface area contributed by atoms with Gasteiger partial charge >= 0.3 is 0 Å². The number of halogens is 1. The van der Waals surface area contributed by atoms with E-state index in [9.17, 15) is 9.59 Å². The molecule has 0 spiro atoms. The van der Waals surface area contributed by atoms with E-state index in [1.165, 1.54) is 0 Å². The molecule has 190 valence electrons. The normalized spacial score (nSPS) is 18.1. The summed E-state index contributed by atoms with van der Waals surface area (Å²) in [6, 6.07) is 9.10. The topological polar surface area (TPSA) is 137 Å². The molecule has 3 aromatic rings. The third kappa shape index (κ3) is 5.41. The first-order chi connectivity index (χ1) is 17.9. The van der Waals surface area contributed by atoms with Crippen molar-refractivity contribution >= 4 is 52.5 Å². The highest BCUT2D eigenvalue weighted by molar-refractivity contribution is 6.33. The Labute approximate surface area is 218 Å². The summed E-state index contributed by atoms with van der Waals surface area (Å²) in [6.45, 7) is 6.00. The molecular formula is C25H25ClN8O3. The molecule has 1 unspecified atom stereocenters. The van der Waals surface area contributed by atoms with E-state index in [1.807, 2.05) is 6.07 Å². The van der Waals surface area contributed by atoms with E-state index in [1.54, 1.807) is 35.0 Å². The van der Waals surface area contributed by atoms with Gasteiger partial charge in [0.15, 0.2) is 5.65 Å². The van der Waals surface area contributed by atoms with E-state index in [4.69, 9.17) is 26.6 Å². The van der Waals surface area contributed by atoms with Gasteiger partial charge in [0.05, 0.1) is 48.2 Å². The van der Waals surface area contributed by atoms with Crippen molar-refractivity contribution in [2.75, 3.05) is 43.5 Å². The zero-order valence-electron chi connectivity index (χ0n) is 20.1. The summed E-state index contributed by atoms with van der Waals surface area (Å²) in [4.78, 5) is 30.8. The van der Waals surface area contributed by atoms with Crippen molar-refractivity contribution in [2.45, 2.75) is 19.4 Å². The predicted molar refractivity (Wildman–Crippen MR) is 139 cm³/mol. The van der Waals surface area contributed by atoms with Gasteiger partial charge in [0.1, 0.15) is 11.6 Å². The average Bonchev–Trinajstić information content (AvgIpc) is 3.45. The molecule has 37 heavy (non-hydrogen) atoms. The van der Waals surface area contributed by atoms with Gasteiger partial charge < -0.3 is 15.4 Å². The number of anilines is 3. The number of amides is 2. The number of benzene rings is 1. The van der Waals surface area contributed by atoms with Crippen LogP contribution in [-0.4, -0.2) is 70.2 Å². The lowest BCUT2D eigenvalue weighted by Gasteiger charge is -2.32. The van der Waals surface area contributed by atoms with Gasteiger partial charge in [-0.2, -0.15) is 14.9 Å². The monoisotopic (exact) mass is 520 g/mol. The van der Waals surface area contributed by atoms with E-state index >= 15 is 0 Å². The minimum atomic E-state index is -0.416. The van der Waals surface area contributed by atoms with Gasteiger partial charge in [0.2, 0.25) is 5.91 Å². The summed E-state index contributed by atoms with van der Waals surface area (Å²) in [7, 11) is 0. The minimum absolute atomic E-state index is 0.0110. The second-order valence-corrected chi connectivity index (χ2v) is 9.30. The maximum Gasteiger partial charge on any atom is 0.254 e. The Morgan fingerprint density at radius 2 is 2.11 bits per heavy atom. The maximum atomic E-state index is 12.1. The summed E-state index contributed by atoms with van der Waals surface area (Å²) < 4.78 is 7.13. The Kier molecular flexibility index (Phi) is 7.05. The number of imide groups is 1. The van der Waals surface area contributed by atoms with Crippen molar-refractivity contribution in [3.63, 3.8) is 0 Å². The van der Waals surface area contributed by atoms with Gasteiger partial charge in [0.25, 0.3) is 5.91 Å². The van der Waals surface area contributed by atoms with Gasteiger partial charge in [-0.25, -0.2) is 4.98 Å². The van der Waals surface area contributed by atoms with E-state index in [0.717, 1.165) is 26.3 Å². The number of ether oxygens (including phenoxy) is 1. The molecule has 2 aromatic heterocycles. The number of morpholine rings is 1. The van der Waals surface area contributed by atoms with Crippen LogP contribution in [-0.2, 0) is 14.3 Å². The second kappa shape index (κ2) is 10.6. The lowest BCUT2D eigenvalue weighted by atomic mass is 10.1. The number of carbonyl (C=O) groups is 2. The molecule has 2 fully saturated rings. The van der Waals surface area contributed by atoms with E-state index in [0.29, 0.717) is 51.2 Å². The minimum Gasteiger partial charge on any atom is -0.379 e. The lowest BCUT2D eigenvalue weighted by molar-refractivity contribution is -0.124. The van der Waals surface area contributed by atoms with Crippen LogP contribution in [0.2, 0.25) is 5.02 Å². The number of carbonyl (C=O) groups excluding carboxylic acids is 2. The van der Waals surface area contributed by atoms with E-state index in [2.05, 4.69) is 38.9 Å². The van der Waals surface area contributed by atoms with Gasteiger partial charge in [0, 0.05) is 42.9 Å². The fraction of sp³-hybridized carbons (Fsp3) is 0.320. The molecule has 0 aliphatic carbocycles. The second-order valence-electron chi connectivity index (χ2n) is 8.90. The number of hydrogen-bond acceptors (Lipinski definition) is 9. The van der Waals surface area contributed by atoms with Crippen LogP contribution >= 0.6 is 11.6 Å². The smallest absolute Gasteiger partial charge is 0.254 e. The van der Waals surface area contributed by atoms with Crippen molar-refractivity contribution < 1.29 is 14.3 Å². The van der Waals surface area contributed by atoms with Crippen molar-refractivity contribution in [1.82, 2.24) is 24.8 Å². The quantitative estimate of drug-likeness (QED) is 0.317. The maximum absolute atomic E-state index is 12.1. The fourth-order valence-corrected chi connectivity index (χ4v) is 4.53. The van der Waals surface area contributed by atoms with Crippen LogP contribution in [0.15, 0.2) is 36.0 Å². The first-order valence-corrected chi connectivity index (χ1v) is 12.2. The molecule has 12 heteroatoms. The molecule has 0 bridgehead atoms. The van der Waals surface area contributed by atoms with Crippen molar-refractivity contribution in [2.24, 2.45) is 0 Å². The third-order valence-electron chi connectivity index (χ3n) is 6.33. The molecule has 5 rings (SSSR count). The third-order valence-corrected chi connectivity index (χ3v) is 6.65. The fourth-order valence-electron chi connectivity index (χ4n) is 4.30. The molecule has 0 saturated carbocycles. The van der Waals surface area contributed by atoms with Gasteiger partial charge in [-0.15, -0.1) is 0 Å².